The molecule has 0 saturated carbocycles. The van der Waals surface area contributed by atoms with Gasteiger partial charge in [0.05, 0.1) is 28.5 Å². The number of terminal acetylenes is 1. The first kappa shape index (κ1) is 26.9. The number of hydrogen-bond donors (Lipinski definition) is 0. The van der Waals surface area contributed by atoms with Gasteiger partial charge in [0.15, 0.2) is 4.80 Å². The van der Waals surface area contributed by atoms with Crippen LogP contribution in [-0.2, 0) is 14.3 Å². The van der Waals surface area contributed by atoms with Crippen molar-refractivity contribution in [3.05, 3.63) is 94.0 Å². The number of hydrogen-bond acceptors (Lipinski definition) is 7. The zero-order valence-electron chi connectivity index (χ0n) is 20.0. The van der Waals surface area contributed by atoms with Crippen LogP contribution in [0, 0.1) is 12.3 Å². The lowest BCUT2D eigenvalue weighted by atomic mass is 9.96. The monoisotopic (exact) mass is 600 g/mol. The van der Waals surface area contributed by atoms with E-state index in [1.54, 1.807) is 43.3 Å². The van der Waals surface area contributed by atoms with Crippen LogP contribution in [0.4, 0.5) is 0 Å². The fourth-order valence-electron chi connectivity index (χ4n) is 3.86. The van der Waals surface area contributed by atoms with Gasteiger partial charge in [0.25, 0.3) is 5.56 Å². The Morgan fingerprint density at radius 1 is 1.27 bits per heavy atom. The largest absolute Gasteiger partial charge is 0.480 e. The average Bonchev–Trinajstić information content (AvgIpc) is 3.17. The molecule has 2 heterocycles. The zero-order valence-corrected chi connectivity index (χ0v) is 23.2. The van der Waals surface area contributed by atoms with Gasteiger partial charge in [-0.1, -0.05) is 56.9 Å². The SMILES string of the molecule is C#CCOc1ccc(Br)cc1C=c1sc2n(c1=O)C(c1ccc(Cl)cc1)C(C(=O)OCCOC)=C(C)N=2. The number of ether oxygens (including phenoxy) is 3. The van der Waals surface area contributed by atoms with Gasteiger partial charge >= 0.3 is 5.97 Å². The summed E-state index contributed by atoms with van der Waals surface area (Å²) in [5.41, 5.74) is 1.81. The van der Waals surface area contributed by atoms with Gasteiger partial charge in [-0.05, 0) is 48.9 Å². The topological polar surface area (TPSA) is 79.1 Å². The van der Waals surface area contributed by atoms with Crippen LogP contribution in [0.15, 0.2) is 68.0 Å². The number of fused-ring (bicyclic) bond motifs is 1. The van der Waals surface area contributed by atoms with E-state index < -0.39 is 12.0 Å². The second-order valence-electron chi connectivity index (χ2n) is 7.94. The third kappa shape index (κ3) is 5.89. The lowest BCUT2D eigenvalue weighted by molar-refractivity contribution is -0.140. The molecule has 3 aromatic rings. The summed E-state index contributed by atoms with van der Waals surface area (Å²) in [5, 5.41) is 0.537. The van der Waals surface area contributed by atoms with E-state index in [9.17, 15) is 9.59 Å². The van der Waals surface area contributed by atoms with Crippen molar-refractivity contribution in [1.82, 2.24) is 4.57 Å². The summed E-state index contributed by atoms with van der Waals surface area (Å²) in [6, 6.07) is 11.7. The molecule has 0 aliphatic carbocycles. The van der Waals surface area contributed by atoms with Crippen LogP contribution in [0.25, 0.3) is 6.08 Å². The van der Waals surface area contributed by atoms with E-state index in [1.807, 2.05) is 12.1 Å². The first-order chi connectivity index (χ1) is 17.8. The van der Waals surface area contributed by atoms with Crippen molar-refractivity contribution in [3.8, 4) is 18.1 Å². The lowest BCUT2D eigenvalue weighted by Gasteiger charge is -2.24. The molecule has 2 aromatic carbocycles. The number of esters is 1. The van der Waals surface area contributed by atoms with E-state index in [2.05, 4.69) is 26.8 Å². The molecule has 1 atom stereocenters. The second-order valence-corrected chi connectivity index (χ2v) is 10.3. The molecule has 0 saturated heterocycles. The zero-order chi connectivity index (χ0) is 26.5. The highest BCUT2D eigenvalue weighted by Crippen LogP contribution is 2.31. The fourth-order valence-corrected chi connectivity index (χ4v) is 5.41. The Bertz CT molecular complexity index is 1580. The number of thiazole rings is 1. The average molecular weight is 602 g/mol. The van der Waals surface area contributed by atoms with Gasteiger partial charge in [0.1, 0.15) is 19.0 Å². The lowest BCUT2D eigenvalue weighted by Crippen LogP contribution is -2.40. The number of allylic oxidation sites excluding steroid dienone is 1. The van der Waals surface area contributed by atoms with E-state index in [0.29, 0.717) is 36.9 Å². The molecule has 4 rings (SSSR count). The summed E-state index contributed by atoms with van der Waals surface area (Å²) >= 11 is 10.8. The van der Waals surface area contributed by atoms with Gasteiger partial charge in [-0.25, -0.2) is 9.79 Å². The van der Waals surface area contributed by atoms with Crippen LogP contribution in [0.1, 0.15) is 24.1 Å². The molecule has 0 spiro atoms. The highest BCUT2D eigenvalue weighted by atomic mass is 79.9. The van der Waals surface area contributed by atoms with Crippen molar-refractivity contribution in [3.63, 3.8) is 0 Å². The maximum atomic E-state index is 13.8. The number of rotatable bonds is 8. The molecule has 37 heavy (non-hydrogen) atoms. The molecular weight excluding hydrogens is 580 g/mol. The minimum Gasteiger partial charge on any atom is -0.480 e. The number of halogens is 2. The summed E-state index contributed by atoms with van der Waals surface area (Å²) in [6.45, 7) is 2.15. The van der Waals surface area contributed by atoms with Crippen molar-refractivity contribution < 1.29 is 19.0 Å². The Morgan fingerprint density at radius 2 is 2.03 bits per heavy atom. The van der Waals surface area contributed by atoms with Crippen molar-refractivity contribution in [2.45, 2.75) is 13.0 Å². The van der Waals surface area contributed by atoms with Crippen LogP contribution in [-0.4, -0.2) is 37.5 Å². The summed E-state index contributed by atoms with van der Waals surface area (Å²) in [4.78, 5) is 32.0. The van der Waals surface area contributed by atoms with Gasteiger partial charge in [-0.2, -0.15) is 0 Å². The first-order valence-electron chi connectivity index (χ1n) is 11.1. The van der Waals surface area contributed by atoms with Crippen LogP contribution in [0.5, 0.6) is 5.75 Å². The summed E-state index contributed by atoms with van der Waals surface area (Å²) < 4.78 is 18.8. The number of carbonyl (C=O) groups is 1. The first-order valence-corrected chi connectivity index (χ1v) is 13.1. The summed E-state index contributed by atoms with van der Waals surface area (Å²) in [7, 11) is 1.52. The predicted molar refractivity (Wildman–Crippen MR) is 147 cm³/mol. The standard InChI is InChI=1S/C27H22BrClN2O5S/c1-4-11-35-21-10-7-19(28)14-18(21)15-22-25(32)31-24(17-5-8-20(29)9-6-17)23(16(2)30-27(31)37-22)26(33)36-13-12-34-3/h1,5-10,14-15,24H,11-13H2,2-3H3. The smallest absolute Gasteiger partial charge is 0.338 e. The molecule has 10 heteroatoms. The van der Waals surface area contributed by atoms with E-state index in [4.69, 9.17) is 32.2 Å². The van der Waals surface area contributed by atoms with Gasteiger partial charge in [-0.3, -0.25) is 9.36 Å². The highest BCUT2D eigenvalue weighted by Gasteiger charge is 2.33. The fraction of sp³-hybridized carbons (Fsp3) is 0.222. The molecule has 1 aromatic heterocycles. The maximum absolute atomic E-state index is 13.8. The second kappa shape index (κ2) is 11.9. The number of benzene rings is 2. The number of nitrogens with zero attached hydrogens (tertiary/aromatic N) is 2. The third-order valence-corrected chi connectivity index (χ3v) is 7.25. The van der Waals surface area contributed by atoms with Gasteiger partial charge in [0.2, 0.25) is 0 Å². The quantitative estimate of drug-likeness (QED) is 0.223. The van der Waals surface area contributed by atoms with Gasteiger partial charge in [0, 0.05) is 22.2 Å². The van der Waals surface area contributed by atoms with E-state index in [0.717, 1.165) is 4.47 Å². The summed E-state index contributed by atoms with van der Waals surface area (Å²) in [5.74, 6) is 2.42. The molecule has 0 amide bonds. The Morgan fingerprint density at radius 3 is 2.73 bits per heavy atom. The molecule has 1 unspecified atom stereocenters. The molecular formula is C27H22BrClN2O5S. The van der Waals surface area contributed by atoms with E-state index in [1.165, 1.54) is 23.0 Å². The molecule has 190 valence electrons. The minimum atomic E-state index is -0.745. The Labute approximate surface area is 230 Å². The molecule has 1 aliphatic rings. The van der Waals surface area contributed by atoms with Gasteiger partial charge in [-0.15, -0.1) is 6.42 Å². The van der Waals surface area contributed by atoms with Crippen molar-refractivity contribution in [1.29, 1.82) is 0 Å². The molecule has 0 bridgehead atoms. The van der Waals surface area contributed by atoms with Crippen LogP contribution in [0.3, 0.4) is 0 Å². The predicted octanol–water partition coefficient (Wildman–Crippen LogP) is 3.85. The Kier molecular flexibility index (Phi) is 8.67. The van der Waals surface area contributed by atoms with Crippen molar-refractivity contribution in [2.24, 2.45) is 4.99 Å². The molecule has 0 fully saturated rings. The Balaban J connectivity index is 1.89. The van der Waals surface area contributed by atoms with Crippen LogP contribution >= 0.6 is 38.9 Å². The summed E-state index contributed by atoms with van der Waals surface area (Å²) in [6.07, 6.45) is 7.08. The Hall–Kier alpha value is -3.16. The van der Waals surface area contributed by atoms with E-state index in [-0.39, 0.29) is 31.0 Å². The molecule has 1 aliphatic heterocycles. The number of carbonyl (C=O) groups excluding carboxylic acids is 1. The highest BCUT2D eigenvalue weighted by molar-refractivity contribution is 9.10. The van der Waals surface area contributed by atoms with Crippen molar-refractivity contribution in [2.75, 3.05) is 26.9 Å². The molecule has 7 nitrogen and oxygen atoms in total. The molecule has 0 radical (unpaired) electrons. The van der Waals surface area contributed by atoms with Crippen LogP contribution < -0.4 is 19.6 Å². The minimum absolute atomic E-state index is 0.0766. The number of methoxy groups -OCH3 is 1. The maximum Gasteiger partial charge on any atom is 0.338 e. The normalized spacial score (nSPS) is 15.1. The van der Waals surface area contributed by atoms with Gasteiger partial charge < -0.3 is 14.2 Å². The number of aromatic nitrogens is 1. The molecule has 0 N–H and O–H groups in total. The third-order valence-electron chi connectivity index (χ3n) is 5.52. The van der Waals surface area contributed by atoms with E-state index >= 15 is 0 Å². The van der Waals surface area contributed by atoms with Crippen LogP contribution in [0.2, 0.25) is 5.02 Å². The van der Waals surface area contributed by atoms with Crippen molar-refractivity contribution >= 4 is 50.9 Å².